The number of hydrogen-bond acceptors (Lipinski definition) is 6. The number of carbonyl (C=O) groups is 1. The van der Waals surface area contributed by atoms with Crippen LogP contribution in [0.2, 0.25) is 0 Å². The van der Waals surface area contributed by atoms with E-state index in [0.717, 1.165) is 0 Å². The lowest BCUT2D eigenvalue weighted by Crippen LogP contribution is -2.26. The molecule has 0 spiro atoms. The Morgan fingerprint density at radius 3 is 2.53 bits per heavy atom. The molecule has 2 atom stereocenters. The maximum Gasteiger partial charge on any atom is 0.292 e. The van der Waals surface area contributed by atoms with Crippen LogP contribution >= 0.6 is 0 Å². The summed E-state index contributed by atoms with van der Waals surface area (Å²) in [5, 5.41) is 30.3. The molecule has 1 amide bonds. The third-order valence-corrected chi connectivity index (χ3v) is 2.62. The van der Waals surface area contributed by atoms with Crippen molar-refractivity contribution in [2.75, 3.05) is 5.73 Å². The van der Waals surface area contributed by atoms with Crippen molar-refractivity contribution in [3.8, 4) is 0 Å². The molecule has 1 aromatic rings. The molecule has 19 heavy (non-hydrogen) atoms. The Morgan fingerprint density at radius 1 is 1.47 bits per heavy atom. The fourth-order valence-electron chi connectivity index (χ4n) is 1.73. The first-order valence-corrected chi connectivity index (χ1v) is 5.43. The van der Waals surface area contributed by atoms with Gasteiger partial charge in [0.15, 0.2) is 0 Å². The van der Waals surface area contributed by atoms with Gasteiger partial charge < -0.3 is 21.7 Å². The first-order chi connectivity index (χ1) is 8.73. The maximum atomic E-state index is 10.8. The Bertz CT molecular complexity index is 517. The zero-order valence-corrected chi connectivity index (χ0v) is 10.2. The van der Waals surface area contributed by atoms with Gasteiger partial charge in [0.2, 0.25) is 5.91 Å². The lowest BCUT2D eigenvalue weighted by atomic mass is 9.97. The van der Waals surface area contributed by atoms with Gasteiger partial charge in [-0.15, -0.1) is 0 Å². The summed E-state index contributed by atoms with van der Waals surface area (Å²) in [6, 6.07) is 2.67. The molecular weight excluding hydrogens is 254 g/mol. The first-order valence-electron chi connectivity index (χ1n) is 5.43. The van der Waals surface area contributed by atoms with E-state index >= 15 is 0 Å². The number of nitro groups is 1. The van der Waals surface area contributed by atoms with E-state index < -0.39 is 29.5 Å². The van der Waals surface area contributed by atoms with E-state index in [4.69, 9.17) is 11.5 Å². The van der Waals surface area contributed by atoms with Crippen LogP contribution in [0.3, 0.4) is 0 Å². The number of aliphatic hydroxyl groups is 2. The van der Waals surface area contributed by atoms with Crippen molar-refractivity contribution in [3.05, 3.63) is 33.4 Å². The molecule has 0 radical (unpaired) electrons. The summed E-state index contributed by atoms with van der Waals surface area (Å²) < 4.78 is 0. The highest BCUT2D eigenvalue weighted by Gasteiger charge is 2.26. The highest BCUT2D eigenvalue weighted by atomic mass is 16.6. The van der Waals surface area contributed by atoms with Crippen LogP contribution in [-0.2, 0) is 4.79 Å². The van der Waals surface area contributed by atoms with Gasteiger partial charge in [-0.3, -0.25) is 14.9 Å². The number of nitrogens with zero attached hydrogens (tertiary/aromatic N) is 1. The van der Waals surface area contributed by atoms with Crippen LogP contribution in [0.1, 0.15) is 23.7 Å². The number of nitrogen functional groups attached to an aromatic ring is 1. The predicted molar refractivity (Wildman–Crippen MR) is 67.0 cm³/mol. The van der Waals surface area contributed by atoms with E-state index in [0.29, 0.717) is 5.56 Å². The topological polar surface area (TPSA) is 153 Å². The number of hydrogen-bond donors (Lipinski definition) is 4. The number of carbonyl (C=O) groups excluding carboxylic acids is 1. The zero-order chi connectivity index (χ0) is 14.7. The van der Waals surface area contributed by atoms with Crippen molar-refractivity contribution in [1.29, 1.82) is 0 Å². The molecule has 6 N–H and O–H groups in total. The molecule has 0 aliphatic heterocycles. The van der Waals surface area contributed by atoms with Gasteiger partial charge in [0, 0.05) is 11.6 Å². The predicted octanol–water partition coefficient (Wildman–Crippen LogP) is -0.245. The number of benzene rings is 1. The molecule has 0 saturated heterocycles. The van der Waals surface area contributed by atoms with Crippen molar-refractivity contribution in [2.24, 2.45) is 5.73 Å². The first kappa shape index (κ1) is 14.9. The van der Waals surface area contributed by atoms with Gasteiger partial charge in [-0.25, -0.2) is 0 Å². The molecule has 8 heteroatoms. The number of amides is 1. The summed E-state index contributed by atoms with van der Waals surface area (Å²) in [6.07, 6.45) is -3.46. The molecule has 0 fully saturated rings. The van der Waals surface area contributed by atoms with Crippen LogP contribution in [0.15, 0.2) is 12.1 Å². The van der Waals surface area contributed by atoms with Gasteiger partial charge in [-0.2, -0.15) is 0 Å². The highest BCUT2D eigenvalue weighted by molar-refractivity contribution is 5.74. The quantitative estimate of drug-likeness (QED) is 0.328. The summed E-state index contributed by atoms with van der Waals surface area (Å²) >= 11 is 0. The summed E-state index contributed by atoms with van der Waals surface area (Å²) in [5.41, 5.74) is 10.4. The SMILES string of the molecule is Cc1cc(C(O)C(O)CC(N)=O)c(N)c([N+](=O)[O-])c1. The molecule has 1 aromatic carbocycles. The van der Waals surface area contributed by atoms with Crippen molar-refractivity contribution in [2.45, 2.75) is 25.6 Å². The van der Waals surface area contributed by atoms with E-state index in [2.05, 4.69) is 0 Å². The lowest BCUT2D eigenvalue weighted by molar-refractivity contribution is -0.384. The van der Waals surface area contributed by atoms with Crippen LogP contribution in [0.5, 0.6) is 0 Å². The number of aryl methyl sites for hydroxylation is 1. The van der Waals surface area contributed by atoms with Crippen molar-refractivity contribution >= 4 is 17.3 Å². The second-order valence-corrected chi connectivity index (χ2v) is 4.23. The van der Waals surface area contributed by atoms with Gasteiger partial charge in [-0.05, 0) is 12.5 Å². The molecular formula is C11H15N3O5. The van der Waals surface area contributed by atoms with Crippen LogP contribution < -0.4 is 11.5 Å². The number of nitrogens with two attached hydrogens (primary N) is 2. The number of aliphatic hydroxyl groups excluding tert-OH is 2. The van der Waals surface area contributed by atoms with Crippen LogP contribution in [0.25, 0.3) is 0 Å². The van der Waals surface area contributed by atoms with Gasteiger partial charge in [-0.1, -0.05) is 6.07 Å². The second-order valence-electron chi connectivity index (χ2n) is 4.23. The third kappa shape index (κ3) is 3.39. The third-order valence-electron chi connectivity index (χ3n) is 2.62. The summed E-state index contributed by atoms with van der Waals surface area (Å²) in [6.45, 7) is 1.59. The van der Waals surface area contributed by atoms with Crippen LogP contribution in [0, 0.1) is 17.0 Å². The molecule has 0 aliphatic rings. The number of rotatable bonds is 5. The highest BCUT2D eigenvalue weighted by Crippen LogP contribution is 2.33. The minimum absolute atomic E-state index is 0.000417. The molecule has 104 valence electrons. The molecule has 0 saturated carbocycles. The Kier molecular flexibility index (Phi) is 4.41. The van der Waals surface area contributed by atoms with Crippen molar-refractivity contribution in [1.82, 2.24) is 0 Å². The summed E-state index contributed by atoms with van der Waals surface area (Å²) in [7, 11) is 0. The Morgan fingerprint density at radius 2 is 2.05 bits per heavy atom. The molecule has 0 aliphatic carbocycles. The van der Waals surface area contributed by atoms with Gasteiger partial charge >= 0.3 is 0 Å². The summed E-state index contributed by atoms with van der Waals surface area (Å²) in [5.74, 6) is -0.799. The number of primary amides is 1. The standard InChI is InChI=1S/C11H15N3O5/c1-5-2-6(10(13)7(3-5)14(18)19)11(17)8(15)4-9(12)16/h2-3,8,11,15,17H,4,13H2,1H3,(H2,12,16). The normalized spacial score (nSPS) is 13.8. The van der Waals surface area contributed by atoms with E-state index in [-0.39, 0.29) is 16.9 Å². The Labute approximate surface area is 108 Å². The molecule has 8 nitrogen and oxygen atoms in total. The zero-order valence-electron chi connectivity index (χ0n) is 10.2. The Balaban J connectivity index is 3.19. The smallest absolute Gasteiger partial charge is 0.292 e. The molecule has 0 heterocycles. The van der Waals surface area contributed by atoms with Crippen molar-refractivity contribution < 1.29 is 19.9 Å². The minimum atomic E-state index is -1.52. The molecule has 0 aromatic heterocycles. The van der Waals surface area contributed by atoms with Gasteiger partial charge in [0.25, 0.3) is 5.69 Å². The van der Waals surface area contributed by atoms with Crippen LogP contribution in [0.4, 0.5) is 11.4 Å². The number of nitro benzene ring substituents is 1. The maximum absolute atomic E-state index is 10.8. The van der Waals surface area contributed by atoms with Gasteiger partial charge in [0.05, 0.1) is 17.4 Å². The lowest BCUT2D eigenvalue weighted by Gasteiger charge is -2.19. The minimum Gasteiger partial charge on any atom is -0.393 e. The number of anilines is 1. The van der Waals surface area contributed by atoms with E-state index in [1.807, 2.05) is 0 Å². The second kappa shape index (κ2) is 5.63. The van der Waals surface area contributed by atoms with Crippen LogP contribution in [-0.4, -0.2) is 27.1 Å². The average Bonchev–Trinajstić information content (AvgIpc) is 2.29. The fourth-order valence-corrected chi connectivity index (χ4v) is 1.73. The van der Waals surface area contributed by atoms with E-state index in [1.54, 1.807) is 6.92 Å². The van der Waals surface area contributed by atoms with Gasteiger partial charge in [0.1, 0.15) is 11.8 Å². The molecule has 2 unspecified atom stereocenters. The average molecular weight is 269 g/mol. The van der Waals surface area contributed by atoms with Crippen molar-refractivity contribution in [3.63, 3.8) is 0 Å². The largest absolute Gasteiger partial charge is 0.393 e. The monoisotopic (exact) mass is 269 g/mol. The van der Waals surface area contributed by atoms with E-state index in [9.17, 15) is 25.1 Å². The Hall–Kier alpha value is -2.19. The van der Waals surface area contributed by atoms with E-state index in [1.165, 1.54) is 12.1 Å². The fraction of sp³-hybridized carbons (Fsp3) is 0.364. The molecule has 0 bridgehead atoms. The molecule has 1 rings (SSSR count). The summed E-state index contributed by atoms with van der Waals surface area (Å²) in [4.78, 5) is 20.8.